The van der Waals surface area contributed by atoms with Crippen LogP contribution >= 0.6 is 0 Å². The molecular formula is C17H16N2O6. The zero-order valence-corrected chi connectivity index (χ0v) is 13.3. The van der Waals surface area contributed by atoms with Crippen molar-refractivity contribution in [1.29, 1.82) is 0 Å². The van der Waals surface area contributed by atoms with Crippen LogP contribution in [0.25, 0.3) is 0 Å². The van der Waals surface area contributed by atoms with Gasteiger partial charge in [0, 0.05) is 25.2 Å². The number of amides is 3. The molecule has 130 valence electrons. The predicted octanol–water partition coefficient (Wildman–Crippen LogP) is 0.132. The maximum atomic E-state index is 12.1. The summed E-state index contributed by atoms with van der Waals surface area (Å²) >= 11 is 0. The quantitative estimate of drug-likeness (QED) is 0.569. The van der Waals surface area contributed by atoms with Crippen molar-refractivity contribution in [2.75, 3.05) is 37.8 Å². The Bertz CT molecular complexity index is 733. The lowest BCUT2D eigenvalue weighted by molar-refractivity contribution is -0.138. The summed E-state index contributed by atoms with van der Waals surface area (Å²) in [5.74, 6) is -1.94. The third kappa shape index (κ3) is 3.74. The van der Waals surface area contributed by atoms with E-state index in [9.17, 15) is 19.2 Å². The molecule has 0 spiro atoms. The third-order valence-corrected chi connectivity index (χ3v) is 3.84. The molecule has 0 saturated carbocycles. The van der Waals surface area contributed by atoms with Crippen LogP contribution in [0.4, 0.5) is 5.69 Å². The second kappa shape index (κ2) is 7.27. The molecule has 0 atom stereocenters. The molecule has 2 heterocycles. The smallest absolute Gasteiger partial charge is 0.338 e. The van der Waals surface area contributed by atoms with Crippen molar-refractivity contribution in [3.8, 4) is 0 Å². The van der Waals surface area contributed by atoms with Gasteiger partial charge in [-0.3, -0.25) is 14.4 Å². The van der Waals surface area contributed by atoms with E-state index in [4.69, 9.17) is 9.47 Å². The monoisotopic (exact) mass is 344 g/mol. The minimum Gasteiger partial charge on any atom is -0.452 e. The molecule has 0 radical (unpaired) electrons. The Morgan fingerprint density at radius 2 is 1.76 bits per heavy atom. The minimum atomic E-state index is -0.699. The van der Waals surface area contributed by atoms with Crippen LogP contribution in [-0.2, 0) is 23.9 Å². The van der Waals surface area contributed by atoms with Gasteiger partial charge in [-0.15, -0.1) is 0 Å². The molecule has 8 heteroatoms. The van der Waals surface area contributed by atoms with Crippen LogP contribution in [0.15, 0.2) is 36.4 Å². The number of hydrogen-bond donors (Lipinski definition) is 0. The topological polar surface area (TPSA) is 93.2 Å². The first kappa shape index (κ1) is 16.8. The van der Waals surface area contributed by atoms with Crippen molar-refractivity contribution in [3.63, 3.8) is 0 Å². The van der Waals surface area contributed by atoms with Gasteiger partial charge in [-0.1, -0.05) is 6.07 Å². The molecule has 1 aromatic carbocycles. The maximum absolute atomic E-state index is 12.1. The van der Waals surface area contributed by atoms with Crippen molar-refractivity contribution < 1.29 is 28.7 Å². The fourth-order valence-corrected chi connectivity index (χ4v) is 2.54. The molecule has 8 nitrogen and oxygen atoms in total. The lowest BCUT2D eigenvalue weighted by Crippen LogP contribution is -2.42. The maximum Gasteiger partial charge on any atom is 0.338 e. The Morgan fingerprint density at radius 1 is 1.08 bits per heavy atom. The van der Waals surface area contributed by atoms with Crippen LogP contribution in [0.2, 0.25) is 0 Å². The summed E-state index contributed by atoms with van der Waals surface area (Å²) in [4.78, 5) is 50.0. The van der Waals surface area contributed by atoms with Crippen LogP contribution in [0.3, 0.4) is 0 Å². The van der Waals surface area contributed by atoms with Crippen molar-refractivity contribution in [1.82, 2.24) is 4.90 Å². The summed E-state index contributed by atoms with van der Waals surface area (Å²) in [7, 11) is 0. The van der Waals surface area contributed by atoms with Gasteiger partial charge in [0.15, 0.2) is 6.61 Å². The number of morpholine rings is 1. The normalized spacial score (nSPS) is 17.1. The number of esters is 1. The number of nitrogens with zero attached hydrogens (tertiary/aromatic N) is 2. The number of carbonyl (C=O) groups is 4. The number of hydrogen-bond acceptors (Lipinski definition) is 6. The Kier molecular flexibility index (Phi) is 4.90. The molecule has 3 rings (SSSR count). The summed E-state index contributed by atoms with van der Waals surface area (Å²) in [5.41, 5.74) is 0.425. The highest BCUT2D eigenvalue weighted by Crippen LogP contribution is 2.20. The molecule has 0 N–H and O–H groups in total. The first-order valence-electron chi connectivity index (χ1n) is 7.75. The van der Waals surface area contributed by atoms with Crippen molar-refractivity contribution in [2.45, 2.75) is 0 Å². The molecule has 0 aromatic heterocycles. The lowest BCUT2D eigenvalue weighted by atomic mass is 10.2. The largest absolute Gasteiger partial charge is 0.452 e. The Balaban J connectivity index is 1.62. The van der Waals surface area contributed by atoms with E-state index in [-0.39, 0.29) is 23.8 Å². The molecule has 1 aromatic rings. The summed E-state index contributed by atoms with van der Waals surface area (Å²) in [6.45, 7) is 1.50. The fraction of sp³-hybridized carbons (Fsp3) is 0.294. The van der Waals surface area contributed by atoms with Gasteiger partial charge in [0.2, 0.25) is 0 Å². The van der Waals surface area contributed by atoms with E-state index in [1.807, 2.05) is 0 Å². The first-order valence-corrected chi connectivity index (χ1v) is 7.75. The zero-order chi connectivity index (χ0) is 17.8. The molecule has 1 saturated heterocycles. The van der Waals surface area contributed by atoms with Crippen LogP contribution in [0.1, 0.15) is 10.4 Å². The van der Waals surface area contributed by atoms with E-state index >= 15 is 0 Å². The minimum absolute atomic E-state index is 0.153. The van der Waals surface area contributed by atoms with E-state index in [0.717, 1.165) is 17.1 Å². The van der Waals surface area contributed by atoms with E-state index < -0.39 is 17.8 Å². The molecule has 0 unspecified atom stereocenters. The van der Waals surface area contributed by atoms with Gasteiger partial charge in [-0.25, -0.2) is 9.69 Å². The molecule has 0 bridgehead atoms. The molecule has 2 aliphatic rings. The summed E-state index contributed by atoms with van der Waals surface area (Å²) in [5, 5.41) is 0. The van der Waals surface area contributed by atoms with Gasteiger partial charge in [0.25, 0.3) is 17.7 Å². The molecule has 3 amide bonds. The van der Waals surface area contributed by atoms with Gasteiger partial charge in [-0.2, -0.15) is 0 Å². The predicted molar refractivity (Wildman–Crippen MR) is 85.8 cm³/mol. The van der Waals surface area contributed by atoms with E-state index in [1.165, 1.54) is 18.2 Å². The number of rotatable bonds is 4. The number of benzene rings is 1. The fourth-order valence-electron chi connectivity index (χ4n) is 2.54. The standard InChI is InChI=1S/C17H16N2O6/c20-14-4-5-15(21)19(14)13-3-1-2-12(10-13)17(23)25-11-16(22)18-6-8-24-9-7-18/h1-5,10H,6-9,11H2. The summed E-state index contributed by atoms with van der Waals surface area (Å²) in [6.07, 6.45) is 2.32. The molecule has 25 heavy (non-hydrogen) atoms. The number of ether oxygens (including phenoxy) is 2. The highest BCUT2D eigenvalue weighted by atomic mass is 16.5. The average molecular weight is 344 g/mol. The molecule has 1 fully saturated rings. The Labute approximate surface area is 143 Å². The second-order valence-electron chi connectivity index (χ2n) is 5.46. The van der Waals surface area contributed by atoms with E-state index in [0.29, 0.717) is 26.3 Å². The Morgan fingerprint density at radius 3 is 2.44 bits per heavy atom. The highest BCUT2D eigenvalue weighted by molar-refractivity contribution is 6.28. The average Bonchev–Trinajstić information content (AvgIpc) is 2.98. The van der Waals surface area contributed by atoms with Crippen LogP contribution in [-0.4, -0.2) is 61.5 Å². The van der Waals surface area contributed by atoms with Crippen LogP contribution in [0, 0.1) is 0 Å². The second-order valence-corrected chi connectivity index (χ2v) is 5.46. The van der Waals surface area contributed by atoms with Gasteiger partial charge in [0.1, 0.15) is 0 Å². The number of anilines is 1. The summed E-state index contributed by atoms with van der Waals surface area (Å²) < 4.78 is 10.2. The zero-order valence-electron chi connectivity index (χ0n) is 13.3. The van der Waals surface area contributed by atoms with Gasteiger partial charge in [-0.05, 0) is 18.2 Å². The van der Waals surface area contributed by atoms with Gasteiger partial charge in [0.05, 0.1) is 24.5 Å². The van der Waals surface area contributed by atoms with E-state index in [1.54, 1.807) is 11.0 Å². The molecule has 2 aliphatic heterocycles. The molecular weight excluding hydrogens is 328 g/mol. The van der Waals surface area contributed by atoms with Crippen molar-refractivity contribution in [2.24, 2.45) is 0 Å². The highest BCUT2D eigenvalue weighted by Gasteiger charge is 2.26. The van der Waals surface area contributed by atoms with Crippen molar-refractivity contribution in [3.05, 3.63) is 42.0 Å². The van der Waals surface area contributed by atoms with Gasteiger partial charge >= 0.3 is 5.97 Å². The molecule has 0 aliphatic carbocycles. The van der Waals surface area contributed by atoms with Crippen LogP contribution in [0.5, 0.6) is 0 Å². The van der Waals surface area contributed by atoms with Crippen LogP contribution < -0.4 is 4.90 Å². The third-order valence-electron chi connectivity index (χ3n) is 3.84. The lowest BCUT2D eigenvalue weighted by Gasteiger charge is -2.26. The SMILES string of the molecule is O=C(OCC(=O)N1CCOCC1)c1cccc(N2C(=O)C=CC2=O)c1. The van der Waals surface area contributed by atoms with Crippen molar-refractivity contribution >= 4 is 29.4 Å². The first-order chi connectivity index (χ1) is 12.1. The van der Waals surface area contributed by atoms with Gasteiger partial charge < -0.3 is 14.4 Å². The number of imide groups is 1. The number of carbonyl (C=O) groups excluding carboxylic acids is 4. The summed E-state index contributed by atoms with van der Waals surface area (Å²) in [6, 6.07) is 5.95. The van der Waals surface area contributed by atoms with E-state index in [2.05, 4.69) is 0 Å². The Hall–Kier alpha value is -3.00.